The van der Waals surface area contributed by atoms with Crippen molar-refractivity contribution in [3.8, 4) is 0 Å². The monoisotopic (exact) mass is 516 g/mol. The van der Waals surface area contributed by atoms with Gasteiger partial charge in [0.15, 0.2) is 0 Å². The third-order valence-electron chi connectivity index (χ3n) is 5.72. The Balaban J connectivity index is 1.56. The number of hydrogen-bond acceptors (Lipinski definition) is 4. The third kappa shape index (κ3) is 6.60. The lowest BCUT2D eigenvalue weighted by Gasteiger charge is -2.29. The molecule has 2 amide bonds. The van der Waals surface area contributed by atoms with Crippen LogP contribution in [0.4, 0.5) is 0 Å². The number of nitrogens with zero attached hydrogens (tertiary/aromatic N) is 2. The number of hydrogen-bond donors (Lipinski definition) is 0. The number of rotatable bonds is 9. The molecule has 1 fully saturated rings. The van der Waals surface area contributed by atoms with E-state index in [-0.39, 0.29) is 29.5 Å². The van der Waals surface area contributed by atoms with Crippen molar-refractivity contribution >= 4 is 46.4 Å². The van der Waals surface area contributed by atoms with E-state index >= 15 is 0 Å². The Bertz CT molecular complexity index is 1100. The lowest BCUT2D eigenvalue weighted by molar-refractivity contribution is -0.133. The number of carbonyl (C=O) groups is 2. The molecule has 34 heavy (non-hydrogen) atoms. The van der Waals surface area contributed by atoms with Gasteiger partial charge in [0.1, 0.15) is 6.54 Å². The van der Waals surface area contributed by atoms with Gasteiger partial charge in [-0.2, -0.15) is 0 Å². The van der Waals surface area contributed by atoms with E-state index in [1.54, 1.807) is 39.3 Å². The molecule has 0 spiro atoms. The van der Waals surface area contributed by atoms with Crippen LogP contribution < -0.4 is 0 Å². The lowest BCUT2D eigenvalue weighted by Crippen LogP contribution is -2.45. The van der Waals surface area contributed by atoms with E-state index in [9.17, 15) is 9.59 Å². The van der Waals surface area contributed by atoms with Gasteiger partial charge in [-0.25, -0.2) is 0 Å². The normalized spacial score (nSPS) is 15.3. The quantitative estimate of drug-likeness (QED) is 0.355. The second-order valence-corrected chi connectivity index (χ2v) is 10.1. The number of ether oxygens (including phenoxy) is 1. The van der Waals surface area contributed by atoms with Gasteiger partial charge in [0.25, 0.3) is 5.91 Å². The first-order chi connectivity index (χ1) is 16.5. The van der Waals surface area contributed by atoms with Crippen LogP contribution >= 0.6 is 34.5 Å². The topological polar surface area (TPSA) is 49.9 Å². The molecular formula is C26H26Cl2N2O3S. The molecule has 178 valence electrons. The predicted molar refractivity (Wildman–Crippen MR) is 136 cm³/mol. The van der Waals surface area contributed by atoms with Crippen molar-refractivity contribution in [1.29, 1.82) is 0 Å². The third-order valence-corrected chi connectivity index (χ3v) is 7.13. The van der Waals surface area contributed by atoms with Crippen molar-refractivity contribution in [2.24, 2.45) is 0 Å². The van der Waals surface area contributed by atoms with Gasteiger partial charge in [0, 0.05) is 29.6 Å². The first-order valence-corrected chi connectivity index (χ1v) is 12.8. The van der Waals surface area contributed by atoms with Crippen LogP contribution in [0, 0.1) is 0 Å². The Morgan fingerprint density at radius 3 is 2.50 bits per heavy atom. The predicted octanol–water partition coefficient (Wildman–Crippen LogP) is 5.91. The highest BCUT2D eigenvalue weighted by atomic mass is 35.5. The second-order valence-electron chi connectivity index (χ2n) is 8.26. The Morgan fingerprint density at radius 1 is 1.00 bits per heavy atom. The fourth-order valence-electron chi connectivity index (χ4n) is 3.98. The summed E-state index contributed by atoms with van der Waals surface area (Å²) in [4.78, 5) is 31.5. The first kappa shape index (κ1) is 24.7. The number of amides is 2. The average Bonchev–Trinajstić information content (AvgIpc) is 3.53. The Morgan fingerprint density at radius 2 is 1.82 bits per heavy atom. The van der Waals surface area contributed by atoms with Crippen LogP contribution in [0.15, 0.2) is 66.0 Å². The van der Waals surface area contributed by atoms with Gasteiger partial charge in [0.2, 0.25) is 5.91 Å². The molecule has 4 rings (SSSR count). The maximum atomic E-state index is 13.6. The maximum Gasteiger partial charge on any atom is 0.255 e. The number of thiophene rings is 1. The Kier molecular flexibility index (Phi) is 8.62. The second kappa shape index (κ2) is 11.8. The molecule has 0 unspecified atom stereocenters. The van der Waals surface area contributed by atoms with E-state index in [4.69, 9.17) is 27.9 Å². The summed E-state index contributed by atoms with van der Waals surface area (Å²) < 4.78 is 5.77. The van der Waals surface area contributed by atoms with Crippen LogP contribution in [0.25, 0.3) is 0 Å². The fraction of sp³-hybridized carbons (Fsp3) is 0.308. The molecule has 1 atom stereocenters. The molecule has 2 heterocycles. The van der Waals surface area contributed by atoms with Gasteiger partial charge in [-0.05, 0) is 48.1 Å². The molecule has 0 bridgehead atoms. The number of carbonyl (C=O) groups excluding carboxylic acids is 2. The van der Waals surface area contributed by atoms with Crippen molar-refractivity contribution in [1.82, 2.24) is 9.80 Å². The zero-order valence-electron chi connectivity index (χ0n) is 18.7. The zero-order valence-corrected chi connectivity index (χ0v) is 21.0. The molecular weight excluding hydrogens is 491 g/mol. The van der Waals surface area contributed by atoms with Crippen molar-refractivity contribution in [2.75, 3.05) is 19.7 Å². The van der Waals surface area contributed by atoms with Crippen LogP contribution in [0.5, 0.6) is 0 Å². The molecule has 2 aromatic carbocycles. The van der Waals surface area contributed by atoms with Crippen LogP contribution in [0.3, 0.4) is 0 Å². The largest absolute Gasteiger partial charge is 0.376 e. The van der Waals surface area contributed by atoms with Gasteiger partial charge >= 0.3 is 0 Å². The molecule has 1 saturated heterocycles. The lowest BCUT2D eigenvalue weighted by atomic mass is 10.1. The minimum Gasteiger partial charge on any atom is -0.376 e. The molecule has 0 aliphatic carbocycles. The molecule has 8 heteroatoms. The fourth-order valence-corrected chi connectivity index (χ4v) is 5.19. The van der Waals surface area contributed by atoms with Crippen LogP contribution in [0.1, 0.15) is 33.6 Å². The molecule has 1 aliphatic heterocycles. The van der Waals surface area contributed by atoms with Gasteiger partial charge in [-0.1, -0.05) is 59.6 Å². The highest BCUT2D eigenvalue weighted by Crippen LogP contribution is 2.24. The summed E-state index contributed by atoms with van der Waals surface area (Å²) in [5, 5.41) is 2.71. The van der Waals surface area contributed by atoms with Gasteiger partial charge in [-0.15, -0.1) is 11.3 Å². The summed E-state index contributed by atoms with van der Waals surface area (Å²) in [6, 6.07) is 18.6. The molecule has 5 nitrogen and oxygen atoms in total. The Labute approximate surface area is 213 Å². The van der Waals surface area contributed by atoms with Crippen LogP contribution in [-0.2, 0) is 22.6 Å². The maximum absolute atomic E-state index is 13.6. The van der Waals surface area contributed by atoms with E-state index in [1.807, 2.05) is 47.8 Å². The summed E-state index contributed by atoms with van der Waals surface area (Å²) in [5.41, 5.74) is 1.36. The van der Waals surface area contributed by atoms with Crippen molar-refractivity contribution in [3.05, 3.63) is 92.1 Å². The molecule has 1 aromatic heterocycles. The Hall–Kier alpha value is -2.38. The van der Waals surface area contributed by atoms with E-state index in [0.29, 0.717) is 36.8 Å². The van der Waals surface area contributed by atoms with E-state index < -0.39 is 0 Å². The molecule has 0 saturated carbocycles. The van der Waals surface area contributed by atoms with E-state index in [2.05, 4.69) is 0 Å². The molecule has 3 aromatic rings. The van der Waals surface area contributed by atoms with Gasteiger partial charge in [-0.3, -0.25) is 9.59 Å². The van der Waals surface area contributed by atoms with Crippen molar-refractivity contribution in [2.45, 2.75) is 32.0 Å². The first-order valence-electron chi connectivity index (χ1n) is 11.2. The van der Waals surface area contributed by atoms with Crippen molar-refractivity contribution < 1.29 is 14.3 Å². The number of benzene rings is 2. The molecule has 1 aliphatic rings. The smallest absolute Gasteiger partial charge is 0.255 e. The minimum atomic E-state index is -0.304. The molecule has 0 N–H and O–H groups in total. The SMILES string of the molecule is O=C(CN(C[C@@H]1CCCO1)C(=O)c1ccc(Cl)cc1Cl)N(Cc1ccccc1)Cc1cccs1. The van der Waals surface area contributed by atoms with E-state index in [1.165, 1.54) is 0 Å². The average molecular weight is 517 g/mol. The van der Waals surface area contributed by atoms with Crippen LogP contribution in [0.2, 0.25) is 10.0 Å². The summed E-state index contributed by atoms with van der Waals surface area (Å²) >= 11 is 14.0. The summed E-state index contributed by atoms with van der Waals surface area (Å²) in [6.07, 6.45) is 1.71. The molecule has 0 radical (unpaired) electrons. The minimum absolute atomic E-state index is 0.0597. The number of halogens is 2. The highest BCUT2D eigenvalue weighted by molar-refractivity contribution is 7.09. The standard InChI is InChI=1S/C26H26Cl2N2O3S/c27-20-10-11-23(24(28)14-20)26(32)30(16-21-8-4-12-33-21)18-25(31)29(17-22-9-5-13-34-22)15-19-6-2-1-3-7-19/h1-3,5-7,9-11,13-14,21H,4,8,12,15-18H2/t21-/m0/s1. The summed E-state index contributed by atoms with van der Waals surface area (Å²) in [5.74, 6) is -0.435. The van der Waals surface area contributed by atoms with Gasteiger partial charge in [0.05, 0.1) is 23.2 Å². The summed E-state index contributed by atoms with van der Waals surface area (Å²) in [7, 11) is 0. The van der Waals surface area contributed by atoms with E-state index in [0.717, 1.165) is 23.3 Å². The van der Waals surface area contributed by atoms with Crippen LogP contribution in [-0.4, -0.2) is 47.4 Å². The van der Waals surface area contributed by atoms with Gasteiger partial charge < -0.3 is 14.5 Å². The van der Waals surface area contributed by atoms with Crippen molar-refractivity contribution in [3.63, 3.8) is 0 Å². The summed E-state index contributed by atoms with van der Waals surface area (Å²) in [6.45, 7) is 1.88. The zero-order chi connectivity index (χ0) is 23.9. The highest BCUT2D eigenvalue weighted by Gasteiger charge is 2.28.